The Bertz CT molecular complexity index is 488. The van der Waals surface area contributed by atoms with E-state index in [1.54, 1.807) is 9.05 Å². The van der Waals surface area contributed by atoms with E-state index in [1.807, 2.05) is 0 Å². The normalized spacial score (nSPS) is 16.3. The molecular weight excluding hydrogens is 436 g/mol. The average molecular weight is 436 g/mol. The molecule has 0 aromatic rings. The fourth-order valence-corrected chi connectivity index (χ4v) is 1.55. The maximum atomic E-state index is 12.7. The highest BCUT2D eigenvalue weighted by Crippen LogP contribution is 2.63. The molecule has 0 aliphatic heterocycles. The molecule has 19 heteroatoms. The van der Waals surface area contributed by atoms with Crippen LogP contribution in [0.25, 0.3) is 0 Å². The van der Waals surface area contributed by atoms with Crippen LogP contribution >= 0.6 is 7.91 Å². The minimum Gasteiger partial charge on any atom is -0.223 e. The summed E-state index contributed by atoms with van der Waals surface area (Å²) in [4.78, 5) is 0. The Morgan fingerprint density at radius 2 is 0.720 bits per heavy atom. The van der Waals surface area contributed by atoms with Crippen molar-refractivity contribution in [2.75, 3.05) is 0 Å². The van der Waals surface area contributed by atoms with Gasteiger partial charge in [-0.1, -0.05) is 0 Å². The highest BCUT2D eigenvalue weighted by molar-refractivity contribution is 7.48. The third-order valence-electron chi connectivity index (χ3n) is 1.89. The first-order chi connectivity index (χ1) is 10.4. The second-order valence-corrected chi connectivity index (χ2v) is 5.02. The third-order valence-corrected chi connectivity index (χ3v) is 2.79. The number of halogens is 15. The Kier molecular flexibility index (Phi) is 5.85. The fraction of sp³-hybridized carbons (Fsp3) is 1.00. The molecule has 0 aromatic heterocycles. The van der Waals surface area contributed by atoms with E-state index in [0.29, 0.717) is 0 Å². The van der Waals surface area contributed by atoms with Crippen LogP contribution in [0.1, 0.15) is 0 Å². The maximum Gasteiger partial charge on any atom is 0.523 e. The number of hydrogen-bond acceptors (Lipinski definition) is 3. The van der Waals surface area contributed by atoms with Crippen LogP contribution in [0.15, 0.2) is 0 Å². The van der Waals surface area contributed by atoms with Gasteiger partial charge in [0.25, 0.3) is 0 Å². The topological polar surface area (TPSA) is 35.5 Å². The van der Waals surface area contributed by atoms with Gasteiger partial charge in [0.1, 0.15) is 0 Å². The van der Waals surface area contributed by atoms with Crippen molar-refractivity contribution in [1.82, 2.24) is 0 Å². The zero-order valence-electron chi connectivity index (χ0n) is 10.3. The second-order valence-electron chi connectivity index (χ2n) is 3.79. The molecule has 0 aromatic carbocycles. The summed E-state index contributed by atoms with van der Waals surface area (Å²) in [6.07, 6.45) is -29.1. The van der Waals surface area contributed by atoms with Gasteiger partial charge in [-0.3, -0.25) is 0 Å². The first kappa shape index (κ1) is 24.1. The van der Waals surface area contributed by atoms with Gasteiger partial charge in [-0.05, 0) is 0 Å². The van der Waals surface area contributed by atoms with Gasteiger partial charge < -0.3 is 0 Å². The zero-order valence-corrected chi connectivity index (χ0v) is 11.2. The molecule has 0 heterocycles. The number of alkyl halides is 14. The molecule has 3 nitrogen and oxygen atoms in total. The summed E-state index contributed by atoms with van der Waals surface area (Å²) in [6, 6.07) is 0. The second kappa shape index (κ2) is 6.07. The maximum absolute atomic E-state index is 12.7. The smallest absolute Gasteiger partial charge is 0.223 e. The van der Waals surface area contributed by atoms with Gasteiger partial charge in [-0.15, -0.1) is 4.20 Å². The molecule has 0 rings (SSSR count). The van der Waals surface area contributed by atoms with Crippen LogP contribution in [-0.2, 0) is 13.6 Å². The highest BCUT2D eigenvalue weighted by Gasteiger charge is 2.79. The van der Waals surface area contributed by atoms with Gasteiger partial charge in [0, 0.05) is 0 Å². The van der Waals surface area contributed by atoms with E-state index in [-0.39, 0.29) is 0 Å². The molecule has 0 saturated carbocycles. The SMILES string of the molecule is O=P(F)(OC(F)(F)C(F)(F)C(F)(F)F)OC(F)(F)C(F)(F)C(F)(F)F. The average Bonchev–Trinajstić information content (AvgIpc) is 2.21. The monoisotopic (exact) mass is 436 g/mol. The first-order valence-corrected chi connectivity index (χ1v) is 6.20. The van der Waals surface area contributed by atoms with E-state index in [0.717, 1.165) is 0 Å². The summed E-state index contributed by atoms with van der Waals surface area (Å²) in [7, 11) is -8.23. The number of hydrogen-bond donors (Lipinski definition) is 0. The summed E-state index contributed by atoms with van der Waals surface area (Å²) >= 11 is 0. The van der Waals surface area contributed by atoms with Gasteiger partial charge >= 0.3 is 44.3 Å². The highest BCUT2D eigenvalue weighted by atomic mass is 31.2. The van der Waals surface area contributed by atoms with Crippen LogP contribution in [0, 0.1) is 0 Å². The lowest BCUT2D eigenvalue weighted by Gasteiger charge is -2.30. The predicted octanol–water partition coefficient (Wildman–Crippen LogP) is 5.68. The van der Waals surface area contributed by atoms with Crippen molar-refractivity contribution >= 4 is 7.91 Å². The van der Waals surface area contributed by atoms with Crippen molar-refractivity contribution in [2.45, 2.75) is 36.4 Å². The van der Waals surface area contributed by atoms with Crippen LogP contribution in [-0.4, -0.2) is 36.4 Å². The van der Waals surface area contributed by atoms with Crippen molar-refractivity contribution < 1.29 is 79.3 Å². The summed E-state index contributed by atoms with van der Waals surface area (Å²) in [5, 5.41) is 0. The minimum atomic E-state index is -8.23. The van der Waals surface area contributed by atoms with Crippen LogP contribution in [0.5, 0.6) is 0 Å². The van der Waals surface area contributed by atoms with Gasteiger partial charge in [0.15, 0.2) is 0 Å². The molecule has 152 valence electrons. The minimum absolute atomic E-state index is 1.54. The molecule has 0 spiro atoms. The summed E-state index contributed by atoms with van der Waals surface area (Å²) < 4.78 is 195. The molecule has 0 unspecified atom stereocenters. The Hall–Kier alpha value is -0.900. The third kappa shape index (κ3) is 4.64. The molecule has 0 bridgehead atoms. The quantitative estimate of drug-likeness (QED) is 0.397. The van der Waals surface area contributed by atoms with E-state index in [4.69, 9.17) is 0 Å². The lowest BCUT2D eigenvalue weighted by molar-refractivity contribution is -0.418. The van der Waals surface area contributed by atoms with Crippen LogP contribution in [0.4, 0.5) is 65.7 Å². The van der Waals surface area contributed by atoms with Gasteiger partial charge in [0.2, 0.25) is 0 Å². The standard InChI is InChI=1S/C6F15O3P/c7-1(8,3(11,12)13)5(17,18)23-25(21,22)24-6(19,20)2(9,10)4(14,15)16. The summed E-state index contributed by atoms with van der Waals surface area (Å²) in [6.45, 7) is 0. The van der Waals surface area contributed by atoms with Crippen molar-refractivity contribution in [3.8, 4) is 0 Å². The molecule has 25 heavy (non-hydrogen) atoms. The fourth-order valence-electron chi connectivity index (χ4n) is 0.737. The van der Waals surface area contributed by atoms with Gasteiger partial charge in [-0.25, -0.2) is 13.6 Å². The number of rotatable bonds is 6. The van der Waals surface area contributed by atoms with Crippen molar-refractivity contribution in [3.63, 3.8) is 0 Å². The molecule has 0 aliphatic carbocycles. The van der Waals surface area contributed by atoms with Gasteiger partial charge in [-0.2, -0.15) is 61.5 Å². The lowest BCUT2D eigenvalue weighted by atomic mass is 10.3. The molecule has 0 saturated heterocycles. The van der Waals surface area contributed by atoms with E-state index in [9.17, 15) is 70.2 Å². The van der Waals surface area contributed by atoms with E-state index < -0.39 is 44.3 Å². The predicted molar refractivity (Wildman–Crippen MR) is 42.8 cm³/mol. The Labute approximate surface area is 125 Å². The molecule has 0 amide bonds. The molecule has 0 fully saturated rings. The van der Waals surface area contributed by atoms with E-state index in [1.165, 1.54) is 0 Å². The summed E-state index contributed by atoms with van der Waals surface area (Å²) in [5.74, 6) is -14.8. The zero-order chi connectivity index (χ0) is 20.9. The van der Waals surface area contributed by atoms with Crippen molar-refractivity contribution in [3.05, 3.63) is 0 Å². The van der Waals surface area contributed by atoms with Crippen LogP contribution in [0.3, 0.4) is 0 Å². The molecule has 0 atom stereocenters. The summed E-state index contributed by atoms with van der Waals surface area (Å²) in [5.41, 5.74) is 0. The Morgan fingerprint density at radius 1 is 0.520 bits per heavy atom. The molecule has 0 N–H and O–H groups in total. The van der Waals surface area contributed by atoms with E-state index in [2.05, 4.69) is 0 Å². The Balaban J connectivity index is 5.67. The van der Waals surface area contributed by atoms with Crippen LogP contribution in [0.2, 0.25) is 0 Å². The van der Waals surface area contributed by atoms with Crippen molar-refractivity contribution in [1.29, 1.82) is 0 Å². The van der Waals surface area contributed by atoms with Crippen molar-refractivity contribution in [2.24, 2.45) is 0 Å². The largest absolute Gasteiger partial charge is 0.523 e. The Morgan fingerprint density at radius 3 is 0.880 bits per heavy atom. The van der Waals surface area contributed by atoms with Gasteiger partial charge in [0.05, 0.1) is 0 Å². The van der Waals surface area contributed by atoms with E-state index >= 15 is 0 Å². The van der Waals surface area contributed by atoms with Crippen LogP contribution < -0.4 is 0 Å². The first-order valence-electron chi connectivity index (χ1n) is 4.77. The molecular formula is C6F15O3P. The molecule has 0 radical (unpaired) electrons. The molecule has 0 aliphatic rings. The lowest BCUT2D eigenvalue weighted by Crippen LogP contribution is -2.54.